The van der Waals surface area contributed by atoms with E-state index >= 15 is 0 Å². The molecule has 1 heterocycles. The first kappa shape index (κ1) is 18.2. The Morgan fingerprint density at radius 3 is 2.13 bits per heavy atom. The molecule has 1 aromatic carbocycles. The van der Waals surface area contributed by atoms with Crippen LogP contribution >= 0.6 is 0 Å². The second-order valence-electron chi connectivity index (χ2n) is 7.47. The maximum Gasteiger partial charge on any atom is 0.119 e. The first-order valence-electron chi connectivity index (χ1n) is 8.74. The van der Waals surface area contributed by atoms with Crippen LogP contribution in [-0.4, -0.2) is 66.9 Å². The molecule has 130 valence electrons. The van der Waals surface area contributed by atoms with Crippen LogP contribution in [0, 0.1) is 0 Å². The Morgan fingerprint density at radius 2 is 1.61 bits per heavy atom. The minimum absolute atomic E-state index is 0.151. The van der Waals surface area contributed by atoms with E-state index in [4.69, 9.17) is 4.74 Å². The lowest BCUT2D eigenvalue weighted by Crippen LogP contribution is -2.49. The van der Waals surface area contributed by atoms with Crippen molar-refractivity contribution >= 4 is 0 Å². The SMILES string of the molecule is CCN1CCN(C[C@@H](O)COc2ccc(C(C)(C)C)cc2)CC1. The summed E-state index contributed by atoms with van der Waals surface area (Å²) in [6, 6.07) is 8.19. The second kappa shape index (κ2) is 8.13. The maximum atomic E-state index is 10.2. The van der Waals surface area contributed by atoms with Crippen molar-refractivity contribution in [1.82, 2.24) is 9.80 Å². The predicted molar refractivity (Wildman–Crippen MR) is 95.2 cm³/mol. The van der Waals surface area contributed by atoms with Crippen LogP contribution in [0.25, 0.3) is 0 Å². The maximum absolute atomic E-state index is 10.2. The van der Waals surface area contributed by atoms with Crippen molar-refractivity contribution in [1.29, 1.82) is 0 Å². The van der Waals surface area contributed by atoms with Gasteiger partial charge in [-0.05, 0) is 29.7 Å². The monoisotopic (exact) mass is 320 g/mol. The van der Waals surface area contributed by atoms with E-state index in [1.165, 1.54) is 5.56 Å². The summed E-state index contributed by atoms with van der Waals surface area (Å²) < 4.78 is 5.73. The lowest BCUT2D eigenvalue weighted by Gasteiger charge is -2.34. The first-order chi connectivity index (χ1) is 10.9. The van der Waals surface area contributed by atoms with Crippen molar-refractivity contribution in [2.24, 2.45) is 0 Å². The van der Waals surface area contributed by atoms with Crippen LogP contribution in [-0.2, 0) is 5.41 Å². The van der Waals surface area contributed by atoms with Gasteiger partial charge in [0.05, 0.1) is 0 Å². The summed E-state index contributed by atoms with van der Waals surface area (Å²) in [5.41, 5.74) is 1.44. The summed E-state index contributed by atoms with van der Waals surface area (Å²) in [7, 11) is 0. The number of aliphatic hydroxyl groups is 1. The number of rotatable bonds is 6. The molecule has 0 aliphatic carbocycles. The highest BCUT2D eigenvalue weighted by molar-refractivity contribution is 5.31. The molecule has 0 amide bonds. The van der Waals surface area contributed by atoms with Crippen molar-refractivity contribution in [3.63, 3.8) is 0 Å². The van der Waals surface area contributed by atoms with Crippen molar-refractivity contribution in [3.8, 4) is 5.75 Å². The fourth-order valence-corrected chi connectivity index (χ4v) is 2.88. The standard InChI is InChI=1S/C19H32N2O2/c1-5-20-10-12-21(13-11-20)14-17(22)15-23-18-8-6-16(7-9-18)19(2,3)4/h6-9,17,22H,5,10-15H2,1-4H3/t17-/m1/s1. The third-order valence-electron chi connectivity index (χ3n) is 4.54. The van der Waals surface area contributed by atoms with Gasteiger partial charge >= 0.3 is 0 Å². The molecule has 0 aromatic heterocycles. The molecule has 1 aliphatic heterocycles. The van der Waals surface area contributed by atoms with Crippen molar-refractivity contribution in [2.45, 2.75) is 39.2 Å². The highest BCUT2D eigenvalue weighted by Gasteiger charge is 2.18. The van der Waals surface area contributed by atoms with Crippen LogP contribution < -0.4 is 4.74 Å². The van der Waals surface area contributed by atoms with Crippen LogP contribution in [0.4, 0.5) is 0 Å². The van der Waals surface area contributed by atoms with Gasteiger partial charge in [0.15, 0.2) is 0 Å². The molecule has 0 spiro atoms. The highest BCUT2D eigenvalue weighted by Crippen LogP contribution is 2.24. The van der Waals surface area contributed by atoms with E-state index in [-0.39, 0.29) is 5.41 Å². The predicted octanol–water partition coefficient (Wildman–Crippen LogP) is 2.36. The van der Waals surface area contributed by atoms with Crippen LogP contribution in [0.3, 0.4) is 0 Å². The topological polar surface area (TPSA) is 35.9 Å². The van der Waals surface area contributed by atoms with Crippen molar-refractivity contribution in [3.05, 3.63) is 29.8 Å². The van der Waals surface area contributed by atoms with Gasteiger partial charge in [-0.2, -0.15) is 0 Å². The zero-order valence-electron chi connectivity index (χ0n) is 15.1. The number of ether oxygens (including phenoxy) is 1. The van der Waals surface area contributed by atoms with E-state index < -0.39 is 6.10 Å². The van der Waals surface area contributed by atoms with Crippen LogP contribution in [0.2, 0.25) is 0 Å². The zero-order valence-corrected chi connectivity index (χ0v) is 15.1. The molecule has 0 unspecified atom stereocenters. The molecule has 1 aliphatic rings. The highest BCUT2D eigenvalue weighted by atomic mass is 16.5. The number of hydrogen-bond donors (Lipinski definition) is 1. The Labute approximate surface area is 141 Å². The van der Waals surface area contributed by atoms with Crippen LogP contribution in [0.15, 0.2) is 24.3 Å². The Hall–Kier alpha value is -1.10. The quantitative estimate of drug-likeness (QED) is 0.873. The molecule has 0 radical (unpaired) electrons. The summed E-state index contributed by atoms with van der Waals surface area (Å²) in [5.74, 6) is 0.827. The van der Waals surface area contributed by atoms with Gasteiger partial charge in [-0.3, -0.25) is 4.90 Å². The number of likely N-dealkylation sites (N-methyl/N-ethyl adjacent to an activating group) is 1. The molecule has 1 atom stereocenters. The average Bonchev–Trinajstić information content (AvgIpc) is 2.53. The second-order valence-corrected chi connectivity index (χ2v) is 7.47. The number of benzene rings is 1. The van der Waals surface area contributed by atoms with E-state index in [0.29, 0.717) is 13.2 Å². The molecule has 4 heteroatoms. The summed E-state index contributed by atoms with van der Waals surface area (Å²) in [4.78, 5) is 4.76. The van der Waals surface area contributed by atoms with Gasteiger partial charge in [0.1, 0.15) is 18.5 Å². The molecule has 1 N–H and O–H groups in total. The van der Waals surface area contributed by atoms with E-state index in [1.54, 1.807) is 0 Å². The molecule has 2 rings (SSSR count). The van der Waals surface area contributed by atoms with E-state index in [1.807, 2.05) is 12.1 Å². The molecule has 23 heavy (non-hydrogen) atoms. The third kappa shape index (κ3) is 5.79. The molecular weight excluding hydrogens is 288 g/mol. The molecule has 4 nitrogen and oxygen atoms in total. The van der Waals surface area contributed by atoms with Crippen LogP contribution in [0.5, 0.6) is 5.75 Å². The van der Waals surface area contributed by atoms with Crippen molar-refractivity contribution < 1.29 is 9.84 Å². The van der Waals surface area contributed by atoms with Gasteiger partial charge in [-0.1, -0.05) is 39.8 Å². The van der Waals surface area contributed by atoms with Crippen LogP contribution in [0.1, 0.15) is 33.3 Å². The van der Waals surface area contributed by atoms with Gasteiger partial charge in [0.2, 0.25) is 0 Å². The Balaban J connectivity index is 1.73. The van der Waals surface area contributed by atoms with E-state index in [9.17, 15) is 5.11 Å². The van der Waals surface area contributed by atoms with Gasteiger partial charge in [-0.25, -0.2) is 0 Å². The number of piperazine rings is 1. The van der Waals surface area contributed by atoms with Gasteiger partial charge < -0.3 is 14.7 Å². The third-order valence-corrected chi connectivity index (χ3v) is 4.54. The molecular formula is C19H32N2O2. The first-order valence-corrected chi connectivity index (χ1v) is 8.74. The number of hydrogen-bond acceptors (Lipinski definition) is 4. The summed E-state index contributed by atoms with van der Waals surface area (Å²) in [6.07, 6.45) is -0.439. The fraction of sp³-hybridized carbons (Fsp3) is 0.684. The van der Waals surface area contributed by atoms with E-state index in [2.05, 4.69) is 49.6 Å². The van der Waals surface area contributed by atoms with Crippen molar-refractivity contribution in [2.75, 3.05) is 45.9 Å². The smallest absolute Gasteiger partial charge is 0.119 e. The molecule has 0 bridgehead atoms. The normalized spacial score (nSPS) is 18.8. The number of nitrogens with zero attached hydrogens (tertiary/aromatic N) is 2. The van der Waals surface area contributed by atoms with Gasteiger partial charge in [0.25, 0.3) is 0 Å². The Kier molecular flexibility index (Phi) is 6.45. The molecule has 1 fully saturated rings. The molecule has 0 saturated carbocycles. The summed E-state index contributed by atoms with van der Waals surface area (Å²) in [6.45, 7) is 15.2. The molecule has 1 saturated heterocycles. The Morgan fingerprint density at radius 1 is 1.04 bits per heavy atom. The van der Waals surface area contributed by atoms with Gasteiger partial charge in [0, 0.05) is 32.7 Å². The minimum atomic E-state index is -0.439. The molecule has 1 aromatic rings. The number of aliphatic hydroxyl groups excluding tert-OH is 1. The van der Waals surface area contributed by atoms with Gasteiger partial charge in [-0.15, -0.1) is 0 Å². The zero-order chi connectivity index (χ0) is 16.9. The fourth-order valence-electron chi connectivity index (χ4n) is 2.88. The lowest BCUT2D eigenvalue weighted by atomic mass is 9.87. The Bertz CT molecular complexity index is 459. The minimum Gasteiger partial charge on any atom is -0.491 e. The van der Waals surface area contributed by atoms with E-state index in [0.717, 1.165) is 38.5 Å². The number of β-amino-alcohol motifs (C(OH)–C–C–N with tert-alkyl or cyclic N) is 1. The summed E-state index contributed by atoms with van der Waals surface area (Å²) >= 11 is 0. The largest absolute Gasteiger partial charge is 0.491 e. The average molecular weight is 320 g/mol. The lowest BCUT2D eigenvalue weighted by molar-refractivity contribution is 0.0471. The summed E-state index contributed by atoms with van der Waals surface area (Å²) in [5, 5.41) is 10.2.